The number of para-hydroxylation sites is 1. The van der Waals surface area contributed by atoms with E-state index in [1.165, 1.54) is 27.4 Å². The minimum atomic E-state index is 0.982. The number of hydrogen-bond donors (Lipinski definition) is 0. The Labute approximate surface area is 123 Å². The lowest BCUT2D eigenvalue weighted by Crippen LogP contribution is -1.92. The molecule has 0 amide bonds. The highest BCUT2D eigenvalue weighted by atomic mass is 15.0. The van der Waals surface area contributed by atoms with Crippen LogP contribution in [0.4, 0.5) is 0 Å². The van der Waals surface area contributed by atoms with Crippen molar-refractivity contribution >= 4 is 21.8 Å². The Balaban J connectivity index is 2.06. The Hall–Kier alpha value is -2.61. The lowest BCUT2D eigenvalue weighted by molar-refractivity contribution is 0.827. The molecule has 0 saturated carbocycles. The molecule has 2 heterocycles. The van der Waals surface area contributed by atoms with Gasteiger partial charge in [-0.1, -0.05) is 30.3 Å². The largest absolute Gasteiger partial charge is 0.341 e. The summed E-state index contributed by atoms with van der Waals surface area (Å²) < 4.78 is 2.37. The molecule has 0 fully saturated rings. The van der Waals surface area contributed by atoms with Gasteiger partial charge < -0.3 is 4.57 Å². The van der Waals surface area contributed by atoms with Crippen molar-refractivity contribution in [1.29, 1.82) is 0 Å². The molecule has 2 nitrogen and oxygen atoms in total. The predicted octanol–water partition coefficient (Wildman–Crippen LogP) is 4.88. The van der Waals surface area contributed by atoms with Crippen LogP contribution in [-0.2, 0) is 6.54 Å². The molecule has 0 aliphatic carbocycles. The highest BCUT2D eigenvalue weighted by Crippen LogP contribution is 2.32. The first-order valence-corrected chi connectivity index (χ1v) is 7.30. The van der Waals surface area contributed by atoms with Gasteiger partial charge in [0.25, 0.3) is 0 Å². The van der Waals surface area contributed by atoms with E-state index in [0.717, 1.165) is 12.1 Å². The topological polar surface area (TPSA) is 17.8 Å². The molecule has 0 unspecified atom stereocenters. The zero-order valence-corrected chi connectivity index (χ0v) is 12.0. The number of pyridine rings is 1. The van der Waals surface area contributed by atoms with Gasteiger partial charge in [-0.2, -0.15) is 0 Å². The van der Waals surface area contributed by atoms with Gasteiger partial charge in [0.1, 0.15) is 0 Å². The number of nitrogens with zero attached hydrogens (tertiary/aromatic N) is 2. The standard InChI is InChI=1S/C19H16N2/c1-2-21-18-8-4-3-7-16(18)17-12-14(9-10-19(17)21)15-6-5-11-20-13-15/h3-13H,2H2,1H3. The van der Waals surface area contributed by atoms with E-state index in [1.54, 1.807) is 0 Å². The van der Waals surface area contributed by atoms with E-state index in [2.05, 4.69) is 65.0 Å². The summed E-state index contributed by atoms with van der Waals surface area (Å²) in [6.07, 6.45) is 3.73. The van der Waals surface area contributed by atoms with E-state index >= 15 is 0 Å². The average molecular weight is 272 g/mol. The summed E-state index contributed by atoms with van der Waals surface area (Å²) >= 11 is 0. The van der Waals surface area contributed by atoms with E-state index in [4.69, 9.17) is 0 Å². The van der Waals surface area contributed by atoms with E-state index < -0.39 is 0 Å². The highest BCUT2D eigenvalue weighted by molar-refractivity contribution is 6.09. The molecule has 0 radical (unpaired) electrons. The molecule has 102 valence electrons. The number of rotatable bonds is 2. The third kappa shape index (κ3) is 1.83. The minimum Gasteiger partial charge on any atom is -0.341 e. The molecule has 0 aliphatic rings. The molecule has 0 bridgehead atoms. The minimum absolute atomic E-state index is 0.982. The summed E-state index contributed by atoms with van der Waals surface area (Å²) in [5, 5.41) is 2.63. The number of benzene rings is 2. The first-order valence-electron chi connectivity index (χ1n) is 7.30. The van der Waals surface area contributed by atoms with Crippen LogP contribution in [0.25, 0.3) is 32.9 Å². The van der Waals surface area contributed by atoms with Gasteiger partial charge >= 0.3 is 0 Å². The van der Waals surface area contributed by atoms with Crippen molar-refractivity contribution in [2.75, 3.05) is 0 Å². The van der Waals surface area contributed by atoms with Gasteiger partial charge in [-0.3, -0.25) is 4.98 Å². The van der Waals surface area contributed by atoms with Crippen molar-refractivity contribution in [2.24, 2.45) is 0 Å². The first-order chi connectivity index (χ1) is 10.4. The fraction of sp³-hybridized carbons (Fsp3) is 0.105. The maximum Gasteiger partial charge on any atom is 0.0491 e. The molecule has 2 aromatic heterocycles. The summed E-state index contributed by atoms with van der Waals surface area (Å²) in [4.78, 5) is 4.22. The normalized spacial score (nSPS) is 11.3. The molecular formula is C19H16N2. The Bertz CT molecular complexity index is 920. The van der Waals surface area contributed by atoms with Crippen LogP contribution in [0.5, 0.6) is 0 Å². The van der Waals surface area contributed by atoms with Crippen molar-refractivity contribution in [2.45, 2.75) is 13.5 Å². The van der Waals surface area contributed by atoms with Gasteiger partial charge in [-0.05, 0) is 36.8 Å². The van der Waals surface area contributed by atoms with Crippen LogP contribution < -0.4 is 0 Å². The van der Waals surface area contributed by atoms with Crippen LogP contribution in [0.2, 0.25) is 0 Å². The Kier molecular flexibility index (Phi) is 2.74. The molecule has 0 N–H and O–H groups in total. The smallest absolute Gasteiger partial charge is 0.0491 e. The van der Waals surface area contributed by atoms with Crippen LogP contribution in [0.1, 0.15) is 6.92 Å². The van der Waals surface area contributed by atoms with Gasteiger partial charge in [0, 0.05) is 46.3 Å². The first kappa shape index (κ1) is 12.2. The van der Waals surface area contributed by atoms with Gasteiger partial charge in [0.2, 0.25) is 0 Å². The van der Waals surface area contributed by atoms with Crippen LogP contribution in [0, 0.1) is 0 Å². The molecule has 21 heavy (non-hydrogen) atoms. The maximum atomic E-state index is 4.22. The van der Waals surface area contributed by atoms with Gasteiger partial charge in [-0.15, -0.1) is 0 Å². The third-order valence-corrected chi connectivity index (χ3v) is 4.08. The SMILES string of the molecule is CCn1c2ccccc2c2cc(-c3cccnc3)ccc21. The zero-order valence-electron chi connectivity index (χ0n) is 12.0. The molecule has 2 heteroatoms. The summed E-state index contributed by atoms with van der Waals surface area (Å²) in [6.45, 7) is 3.18. The van der Waals surface area contributed by atoms with Gasteiger partial charge in [0.05, 0.1) is 0 Å². The van der Waals surface area contributed by atoms with Gasteiger partial charge in [-0.25, -0.2) is 0 Å². The average Bonchev–Trinajstić information content (AvgIpc) is 2.88. The molecular weight excluding hydrogens is 256 g/mol. The predicted molar refractivity (Wildman–Crippen MR) is 88.3 cm³/mol. The zero-order chi connectivity index (χ0) is 14.2. The Morgan fingerprint density at radius 2 is 1.71 bits per heavy atom. The molecule has 4 rings (SSSR count). The summed E-state index contributed by atoms with van der Waals surface area (Å²) in [5.41, 5.74) is 4.98. The third-order valence-electron chi connectivity index (χ3n) is 4.08. The number of aromatic nitrogens is 2. The monoisotopic (exact) mass is 272 g/mol. The fourth-order valence-corrected chi connectivity index (χ4v) is 3.11. The van der Waals surface area contributed by atoms with Crippen molar-refractivity contribution in [3.8, 4) is 11.1 Å². The molecule has 0 saturated heterocycles. The lowest BCUT2D eigenvalue weighted by atomic mass is 10.0. The molecule has 0 aliphatic heterocycles. The second-order valence-electron chi connectivity index (χ2n) is 5.24. The quantitative estimate of drug-likeness (QED) is 0.508. The number of fused-ring (bicyclic) bond motifs is 3. The summed E-state index contributed by atoms with van der Waals surface area (Å²) in [7, 11) is 0. The van der Waals surface area contributed by atoms with Crippen LogP contribution in [0.15, 0.2) is 67.0 Å². The van der Waals surface area contributed by atoms with Crippen LogP contribution in [0.3, 0.4) is 0 Å². The summed E-state index contributed by atoms with van der Waals surface area (Å²) in [6, 6.07) is 19.4. The van der Waals surface area contributed by atoms with Crippen molar-refractivity contribution in [1.82, 2.24) is 9.55 Å². The van der Waals surface area contributed by atoms with Gasteiger partial charge in [0.15, 0.2) is 0 Å². The fourth-order valence-electron chi connectivity index (χ4n) is 3.11. The maximum absolute atomic E-state index is 4.22. The molecule has 2 aromatic carbocycles. The number of hydrogen-bond acceptors (Lipinski definition) is 1. The van der Waals surface area contributed by atoms with Crippen molar-refractivity contribution < 1.29 is 0 Å². The second kappa shape index (κ2) is 4.74. The second-order valence-corrected chi connectivity index (χ2v) is 5.24. The van der Waals surface area contributed by atoms with E-state index in [0.29, 0.717) is 0 Å². The van der Waals surface area contributed by atoms with E-state index in [1.807, 2.05) is 18.5 Å². The van der Waals surface area contributed by atoms with E-state index in [9.17, 15) is 0 Å². The molecule has 0 spiro atoms. The summed E-state index contributed by atoms with van der Waals surface area (Å²) in [5.74, 6) is 0. The Morgan fingerprint density at radius 3 is 2.52 bits per heavy atom. The van der Waals surface area contributed by atoms with Crippen LogP contribution in [-0.4, -0.2) is 9.55 Å². The Morgan fingerprint density at radius 1 is 0.857 bits per heavy atom. The van der Waals surface area contributed by atoms with E-state index in [-0.39, 0.29) is 0 Å². The molecule has 4 aromatic rings. The van der Waals surface area contributed by atoms with Crippen molar-refractivity contribution in [3.05, 3.63) is 67.0 Å². The lowest BCUT2D eigenvalue weighted by Gasteiger charge is -2.04. The van der Waals surface area contributed by atoms with Crippen molar-refractivity contribution in [3.63, 3.8) is 0 Å². The number of aryl methyl sites for hydroxylation is 1. The highest BCUT2D eigenvalue weighted by Gasteiger charge is 2.10. The molecule has 0 atom stereocenters. The van der Waals surface area contributed by atoms with Crippen LogP contribution >= 0.6 is 0 Å².